The quantitative estimate of drug-likeness (QED) is 0.730. The Balaban J connectivity index is 1.79. The summed E-state index contributed by atoms with van der Waals surface area (Å²) in [5.74, 6) is -0.248. The fraction of sp³-hybridized carbons (Fsp3) is 0.278. The molecule has 2 aromatic rings. The number of ether oxygens (including phenoxy) is 1. The number of rotatable bonds is 8. The average Bonchev–Trinajstić information content (AvgIpc) is 2.56. The molecule has 2 aromatic carbocycles. The predicted octanol–water partition coefficient (Wildman–Crippen LogP) is 4.33. The maximum Gasteiger partial charge on any atom is 0.335 e. The zero-order valence-corrected chi connectivity index (χ0v) is 13.8. The van der Waals surface area contributed by atoms with Crippen LogP contribution < -0.4 is 9.64 Å². The van der Waals surface area contributed by atoms with Gasteiger partial charge in [0.05, 0.1) is 12.2 Å². The lowest BCUT2D eigenvalue weighted by molar-refractivity contribution is 0.0697. The normalized spacial score (nSPS) is 10.3. The molecular formula is C18H20ClNO3. The first-order valence-corrected chi connectivity index (χ1v) is 7.94. The van der Waals surface area contributed by atoms with E-state index in [9.17, 15) is 4.79 Å². The molecule has 0 atom stereocenters. The number of aromatic carboxylic acids is 1. The zero-order chi connectivity index (χ0) is 16.7. The van der Waals surface area contributed by atoms with Gasteiger partial charge in [-0.25, -0.2) is 4.79 Å². The van der Waals surface area contributed by atoms with Gasteiger partial charge < -0.3 is 14.7 Å². The van der Waals surface area contributed by atoms with E-state index in [0.717, 1.165) is 30.2 Å². The third kappa shape index (κ3) is 5.18. The number of benzene rings is 2. The van der Waals surface area contributed by atoms with Crippen LogP contribution in [0.2, 0.25) is 5.02 Å². The Bertz CT molecular complexity index is 626. The second-order valence-electron chi connectivity index (χ2n) is 5.09. The summed E-state index contributed by atoms with van der Waals surface area (Å²) in [7, 11) is 0. The van der Waals surface area contributed by atoms with Crippen molar-refractivity contribution in [2.75, 3.05) is 24.6 Å². The Morgan fingerprint density at radius 3 is 2.35 bits per heavy atom. The highest BCUT2D eigenvalue weighted by molar-refractivity contribution is 6.30. The number of carboxylic acids is 1. The van der Waals surface area contributed by atoms with Crippen LogP contribution in [-0.2, 0) is 0 Å². The average molecular weight is 334 g/mol. The predicted molar refractivity (Wildman–Crippen MR) is 92.9 cm³/mol. The lowest BCUT2D eigenvalue weighted by Crippen LogP contribution is -2.25. The Kier molecular flexibility index (Phi) is 6.29. The van der Waals surface area contributed by atoms with E-state index in [4.69, 9.17) is 21.4 Å². The fourth-order valence-corrected chi connectivity index (χ4v) is 2.39. The van der Waals surface area contributed by atoms with Gasteiger partial charge in [0.2, 0.25) is 0 Å². The molecule has 0 saturated carbocycles. The van der Waals surface area contributed by atoms with Gasteiger partial charge in [-0.3, -0.25) is 0 Å². The molecule has 5 heteroatoms. The van der Waals surface area contributed by atoms with Gasteiger partial charge in [0.15, 0.2) is 0 Å². The molecule has 1 N–H and O–H groups in total. The molecule has 0 aliphatic rings. The maximum absolute atomic E-state index is 10.8. The van der Waals surface area contributed by atoms with Crippen LogP contribution in [0.1, 0.15) is 23.7 Å². The van der Waals surface area contributed by atoms with Gasteiger partial charge in [0.25, 0.3) is 0 Å². The lowest BCUT2D eigenvalue weighted by atomic mass is 10.2. The van der Waals surface area contributed by atoms with E-state index in [1.807, 2.05) is 24.3 Å². The summed E-state index contributed by atoms with van der Waals surface area (Å²) >= 11 is 5.91. The van der Waals surface area contributed by atoms with Crippen LogP contribution >= 0.6 is 11.6 Å². The summed E-state index contributed by atoms with van der Waals surface area (Å²) in [4.78, 5) is 13.0. The Hall–Kier alpha value is -2.20. The van der Waals surface area contributed by atoms with Crippen LogP contribution in [0, 0.1) is 0 Å². The van der Waals surface area contributed by atoms with Crippen molar-refractivity contribution < 1.29 is 14.6 Å². The van der Waals surface area contributed by atoms with Crippen molar-refractivity contribution in [2.45, 2.75) is 13.3 Å². The molecule has 0 amide bonds. The Labute approximate surface area is 141 Å². The Morgan fingerprint density at radius 2 is 1.78 bits per heavy atom. The monoisotopic (exact) mass is 333 g/mol. The van der Waals surface area contributed by atoms with Crippen molar-refractivity contribution in [1.29, 1.82) is 0 Å². The molecule has 4 nitrogen and oxygen atoms in total. The van der Waals surface area contributed by atoms with Gasteiger partial charge in [-0.1, -0.05) is 11.6 Å². The summed E-state index contributed by atoms with van der Waals surface area (Å²) in [6.07, 6.45) is 0.872. The van der Waals surface area contributed by atoms with Crippen LogP contribution in [0.5, 0.6) is 5.75 Å². The van der Waals surface area contributed by atoms with Crippen LogP contribution in [0.3, 0.4) is 0 Å². The van der Waals surface area contributed by atoms with Crippen molar-refractivity contribution in [3.05, 3.63) is 59.1 Å². The Morgan fingerprint density at radius 1 is 1.13 bits per heavy atom. The fourth-order valence-electron chi connectivity index (χ4n) is 2.26. The number of carbonyl (C=O) groups is 1. The van der Waals surface area contributed by atoms with Crippen molar-refractivity contribution >= 4 is 23.3 Å². The van der Waals surface area contributed by atoms with Crippen molar-refractivity contribution in [2.24, 2.45) is 0 Å². The van der Waals surface area contributed by atoms with Crippen molar-refractivity contribution in [3.8, 4) is 5.75 Å². The summed E-state index contributed by atoms with van der Waals surface area (Å²) in [6, 6.07) is 14.3. The second kappa shape index (κ2) is 8.44. The number of anilines is 1. The molecule has 0 fully saturated rings. The minimum Gasteiger partial charge on any atom is -0.494 e. The number of hydrogen-bond acceptors (Lipinski definition) is 3. The molecule has 0 radical (unpaired) electrons. The van der Waals surface area contributed by atoms with E-state index in [1.165, 1.54) is 0 Å². The first-order chi connectivity index (χ1) is 11.1. The SMILES string of the molecule is CCN(CCCOc1ccc(C(=O)O)cc1)c1ccc(Cl)cc1. The highest BCUT2D eigenvalue weighted by Gasteiger charge is 2.05. The smallest absolute Gasteiger partial charge is 0.335 e. The van der Waals surface area contributed by atoms with E-state index in [0.29, 0.717) is 12.4 Å². The zero-order valence-electron chi connectivity index (χ0n) is 13.0. The number of halogens is 1. The molecular weight excluding hydrogens is 314 g/mol. The van der Waals surface area contributed by atoms with Gasteiger partial charge in [0.1, 0.15) is 5.75 Å². The molecule has 0 aliphatic heterocycles. The molecule has 0 saturated heterocycles. The second-order valence-corrected chi connectivity index (χ2v) is 5.52. The van der Waals surface area contributed by atoms with E-state index in [2.05, 4.69) is 11.8 Å². The summed E-state index contributed by atoms with van der Waals surface area (Å²) in [5, 5.41) is 9.58. The summed E-state index contributed by atoms with van der Waals surface area (Å²) < 4.78 is 5.65. The van der Waals surface area contributed by atoms with E-state index < -0.39 is 5.97 Å². The van der Waals surface area contributed by atoms with Crippen LogP contribution in [0.4, 0.5) is 5.69 Å². The topological polar surface area (TPSA) is 49.8 Å². The summed E-state index contributed by atoms with van der Waals surface area (Å²) in [6.45, 7) is 4.48. The molecule has 0 bridgehead atoms. The van der Waals surface area contributed by atoms with Gasteiger partial charge >= 0.3 is 5.97 Å². The summed E-state index contributed by atoms with van der Waals surface area (Å²) in [5.41, 5.74) is 1.40. The first kappa shape index (κ1) is 17.2. The molecule has 0 aromatic heterocycles. The first-order valence-electron chi connectivity index (χ1n) is 7.57. The van der Waals surface area contributed by atoms with Crippen LogP contribution in [0.25, 0.3) is 0 Å². The van der Waals surface area contributed by atoms with Gasteiger partial charge in [0, 0.05) is 23.8 Å². The van der Waals surface area contributed by atoms with Crippen LogP contribution in [0.15, 0.2) is 48.5 Å². The van der Waals surface area contributed by atoms with Gasteiger partial charge in [-0.2, -0.15) is 0 Å². The highest BCUT2D eigenvalue weighted by Crippen LogP contribution is 2.18. The highest BCUT2D eigenvalue weighted by atomic mass is 35.5. The lowest BCUT2D eigenvalue weighted by Gasteiger charge is -2.23. The molecule has 122 valence electrons. The standard InChI is InChI=1S/C18H20ClNO3/c1-2-20(16-8-6-15(19)7-9-16)12-3-13-23-17-10-4-14(5-11-17)18(21)22/h4-11H,2-3,12-13H2,1H3,(H,21,22). The van der Waals surface area contributed by atoms with E-state index in [1.54, 1.807) is 24.3 Å². The minimum atomic E-state index is -0.932. The minimum absolute atomic E-state index is 0.261. The number of carboxylic acid groups (broad SMARTS) is 1. The molecule has 2 rings (SSSR count). The number of hydrogen-bond donors (Lipinski definition) is 1. The molecule has 0 heterocycles. The molecule has 0 spiro atoms. The molecule has 23 heavy (non-hydrogen) atoms. The van der Waals surface area contributed by atoms with Gasteiger partial charge in [-0.05, 0) is 61.9 Å². The molecule has 0 unspecified atom stereocenters. The van der Waals surface area contributed by atoms with Crippen molar-refractivity contribution in [1.82, 2.24) is 0 Å². The van der Waals surface area contributed by atoms with Crippen LogP contribution in [-0.4, -0.2) is 30.8 Å². The largest absolute Gasteiger partial charge is 0.494 e. The maximum atomic E-state index is 10.8. The van der Waals surface area contributed by atoms with E-state index in [-0.39, 0.29) is 5.56 Å². The molecule has 0 aliphatic carbocycles. The van der Waals surface area contributed by atoms with E-state index >= 15 is 0 Å². The number of nitrogens with zero attached hydrogens (tertiary/aromatic N) is 1. The van der Waals surface area contributed by atoms with Gasteiger partial charge in [-0.15, -0.1) is 0 Å². The third-order valence-electron chi connectivity index (χ3n) is 3.52. The third-order valence-corrected chi connectivity index (χ3v) is 3.77. The van der Waals surface area contributed by atoms with Crippen molar-refractivity contribution in [3.63, 3.8) is 0 Å².